The molecule has 0 saturated heterocycles. The van der Waals surface area contributed by atoms with Gasteiger partial charge in [-0.25, -0.2) is 13.6 Å². The van der Waals surface area contributed by atoms with E-state index >= 15 is 0 Å². The molecule has 0 heterocycles. The number of sulfonamides is 1. The maximum Gasteiger partial charge on any atom is 0.253 e. The van der Waals surface area contributed by atoms with Gasteiger partial charge < -0.3 is 14.5 Å². The largest absolute Gasteiger partial charge is 0.454 e. The number of rotatable bonds is 14. The minimum Gasteiger partial charge on any atom is -0.454 e. The number of hydrogen-bond donors (Lipinski definition) is 1. The Balaban J connectivity index is 0.00000138. The van der Waals surface area contributed by atoms with Gasteiger partial charge in [0, 0.05) is 32.2 Å². The molecule has 0 aliphatic heterocycles. The Morgan fingerprint density at radius 2 is 1.49 bits per heavy atom. The average Bonchev–Trinajstić information content (AvgIpc) is 2.97. The molecular formula is C33H53N3O4S. The summed E-state index contributed by atoms with van der Waals surface area (Å²) >= 11 is 0. The number of nitrogens with zero attached hydrogens (tertiary/aromatic N) is 2. The summed E-state index contributed by atoms with van der Waals surface area (Å²) in [6.45, 7) is 10.7. The van der Waals surface area contributed by atoms with Crippen LogP contribution in [0.3, 0.4) is 0 Å². The van der Waals surface area contributed by atoms with Crippen LogP contribution in [0.15, 0.2) is 47.4 Å². The number of carbonyl (C=O) groups is 1. The highest BCUT2D eigenvalue weighted by atomic mass is 32.2. The average molecular weight is 588 g/mol. The van der Waals surface area contributed by atoms with Crippen molar-refractivity contribution in [3.63, 3.8) is 0 Å². The molecule has 1 saturated carbocycles. The lowest BCUT2D eigenvalue weighted by Gasteiger charge is -2.30. The zero-order valence-corrected chi connectivity index (χ0v) is 26.8. The predicted molar refractivity (Wildman–Crippen MR) is 170 cm³/mol. The molecule has 2 N–H and O–H groups in total. The highest BCUT2D eigenvalue weighted by Crippen LogP contribution is 2.40. The third kappa shape index (κ3) is 11.3. The highest BCUT2D eigenvalue weighted by molar-refractivity contribution is 7.89. The minimum absolute atomic E-state index is 0.165. The van der Waals surface area contributed by atoms with E-state index in [1.807, 2.05) is 18.2 Å². The first-order valence-electron chi connectivity index (χ1n) is 15.6. The summed E-state index contributed by atoms with van der Waals surface area (Å²) in [5.74, 6) is 0.959. The molecule has 3 rings (SSSR count). The fourth-order valence-electron chi connectivity index (χ4n) is 4.98. The first-order valence-corrected chi connectivity index (χ1v) is 17.1. The Kier molecular flexibility index (Phi) is 15.3. The van der Waals surface area contributed by atoms with Crippen LogP contribution >= 0.6 is 0 Å². The third-order valence-corrected chi connectivity index (χ3v) is 8.48. The Morgan fingerprint density at radius 1 is 0.902 bits per heavy atom. The first-order chi connectivity index (χ1) is 19.7. The van der Waals surface area contributed by atoms with E-state index in [4.69, 9.17) is 9.88 Å². The normalized spacial score (nSPS) is 13.7. The molecule has 230 valence electrons. The second kappa shape index (κ2) is 18.1. The van der Waals surface area contributed by atoms with Gasteiger partial charge in [-0.2, -0.15) is 0 Å². The van der Waals surface area contributed by atoms with Crippen LogP contribution in [0.4, 0.5) is 5.69 Å². The van der Waals surface area contributed by atoms with Crippen LogP contribution < -0.4 is 14.8 Å². The monoisotopic (exact) mass is 587 g/mol. The van der Waals surface area contributed by atoms with Gasteiger partial charge in [0.25, 0.3) is 5.91 Å². The zero-order chi connectivity index (χ0) is 30.3. The van der Waals surface area contributed by atoms with Crippen molar-refractivity contribution in [2.45, 2.75) is 103 Å². The molecule has 7 nitrogen and oxygen atoms in total. The van der Waals surface area contributed by atoms with E-state index in [2.05, 4.69) is 32.6 Å². The molecule has 1 aliphatic rings. The summed E-state index contributed by atoms with van der Waals surface area (Å²) in [6, 6.07) is 12.2. The van der Waals surface area contributed by atoms with Gasteiger partial charge in [0.05, 0.1) is 5.69 Å². The molecule has 1 fully saturated rings. The van der Waals surface area contributed by atoms with Crippen molar-refractivity contribution in [3.05, 3.63) is 48.0 Å². The molecule has 1 aliphatic carbocycles. The van der Waals surface area contributed by atoms with Gasteiger partial charge in [-0.05, 0) is 55.9 Å². The number of carbonyl (C=O) groups excluding carboxylic acids is 1. The fraction of sp³-hybridized carbons (Fsp3) is 0.606. The lowest BCUT2D eigenvalue weighted by molar-refractivity contribution is 0.0760. The molecule has 0 radical (unpaired) electrons. The van der Waals surface area contributed by atoms with Gasteiger partial charge in [0.15, 0.2) is 5.75 Å². The van der Waals surface area contributed by atoms with Crippen LogP contribution in [-0.4, -0.2) is 45.9 Å². The van der Waals surface area contributed by atoms with E-state index in [-0.39, 0.29) is 16.6 Å². The number of benzene rings is 2. The van der Waals surface area contributed by atoms with E-state index in [1.54, 1.807) is 30.1 Å². The van der Waals surface area contributed by atoms with Crippen molar-refractivity contribution in [1.82, 2.24) is 4.90 Å². The summed E-state index contributed by atoms with van der Waals surface area (Å²) in [5.41, 5.74) is 0.905. The topological polar surface area (TPSA) is 92.9 Å². The molecule has 2 aromatic carbocycles. The number of unbranched alkanes of at least 4 members (excludes halogenated alkanes) is 3. The van der Waals surface area contributed by atoms with Gasteiger partial charge >= 0.3 is 0 Å². The summed E-state index contributed by atoms with van der Waals surface area (Å²) in [4.78, 5) is 17.3. The molecular weight excluding hydrogens is 534 g/mol. The molecule has 8 heteroatoms. The molecule has 0 unspecified atom stereocenters. The van der Waals surface area contributed by atoms with Gasteiger partial charge in [0.2, 0.25) is 10.0 Å². The Labute approximate surface area is 249 Å². The Bertz CT molecular complexity index is 1140. The number of amides is 1. The third-order valence-electron chi connectivity index (χ3n) is 7.56. The quantitative estimate of drug-likeness (QED) is 0.242. The van der Waals surface area contributed by atoms with E-state index in [1.165, 1.54) is 38.2 Å². The second-order valence-electron chi connectivity index (χ2n) is 11.2. The van der Waals surface area contributed by atoms with Crippen LogP contribution in [0.1, 0.15) is 109 Å². The highest BCUT2D eigenvalue weighted by Gasteiger charge is 2.28. The van der Waals surface area contributed by atoms with Crippen molar-refractivity contribution >= 4 is 21.6 Å². The first kappa shape index (κ1) is 34.6. The van der Waals surface area contributed by atoms with Gasteiger partial charge in [-0.3, -0.25) is 4.79 Å². The molecule has 2 aromatic rings. The van der Waals surface area contributed by atoms with Crippen molar-refractivity contribution in [1.29, 1.82) is 0 Å². The lowest BCUT2D eigenvalue weighted by atomic mass is 9.89. The van der Waals surface area contributed by atoms with E-state index in [9.17, 15) is 13.2 Å². The summed E-state index contributed by atoms with van der Waals surface area (Å²) in [5, 5.41) is 5.72. The molecule has 0 aromatic heterocycles. The second-order valence-corrected chi connectivity index (χ2v) is 12.7. The van der Waals surface area contributed by atoms with Crippen LogP contribution in [0, 0.1) is 5.92 Å². The van der Waals surface area contributed by atoms with Crippen molar-refractivity contribution < 1.29 is 17.9 Å². The standard InChI is InChI=1S/C29H43N3O4S.C4H10/c1-4-6-18-32(19-7-5-2)26-20-24(29(33)31(3)22-23-14-10-8-11-15-23)21-27(37(30,34)35)28(26)36-25-16-12-9-13-17-25;1-3-4-2/h9,12-13,16-17,20-21,23H,4-8,10-11,14-15,18-19,22H2,1-3H3,(H2,30,34,35);3-4H2,1-2H3. The van der Waals surface area contributed by atoms with Crippen LogP contribution in [0.25, 0.3) is 0 Å². The van der Waals surface area contributed by atoms with Crippen molar-refractivity contribution in [2.75, 3.05) is 31.6 Å². The van der Waals surface area contributed by atoms with Crippen LogP contribution in [0.5, 0.6) is 11.5 Å². The number of para-hydroxylation sites is 1. The van der Waals surface area contributed by atoms with Crippen molar-refractivity contribution in [2.24, 2.45) is 11.1 Å². The summed E-state index contributed by atoms with van der Waals surface area (Å²) in [7, 11) is -2.38. The number of anilines is 1. The molecule has 0 atom stereocenters. The Morgan fingerprint density at radius 3 is 2.00 bits per heavy atom. The number of ether oxygens (including phenoxy) is 1. The van der Waals surface area contributed by atoms with Crippen LogP contribution in [-0.2, 0) is 10.0 Å². The van der Waals surface area contributed by atoms with Gasteiger partial charge in [-0.15, -0.1) is 0 Å². The smallest absolute Gasteiger partial charge is 0.253 e. The molecule has 0 bridgehead atoms. The Hall–Kier alpha value is -2.58. The number of hydrogen-bond acceptors (Lipinski definition) is 5. The fourth-order valence-corrected chi connectivity index (χ4v) is 5.67. The van der Waals surface area contributed by atoms with Crippen LogP contribution in [0.2, 0.25) is 0 Å². The number of primary sulfonamides is 1. The minimum atomic E-state index is -4.18. The van der Waals surface area contributed by atoms with E-state index in [0.717, 1.165) is 51.6 Å². The van der Waals surface area contributed by atoms with E-state index < -0.39 is 10.0 Å². The molecule has 1 amide bonds. The van der Waals surface area contributed by atoms with Gasteiger partial charge in [-0.1, -0.05) is 90.8 Å². The predicted octanol–water partition coefficient (Wildman–Crippen LogP) is 7.99. The summed E-state index contributed by atoms with van der Waals surface area (Å²) < 4.78 is 31.9. The lowest BCUT2D eigenvalue weighted by Crippen LogP contribution is -2.33. The maximum atomic E-state index is 13.6. The molecule has 41 heavy (non-hydrogen) atoms. The number of nitrogens with two attached hydrogens (primary N) is 1. The SMILES string of the molecule is CCCC.CCCCN(CCCC)c1cc(C(=O)N(C)CC2CCCCC2)cc(S(N)(=O)=O)c1Oc1ccccc1. The van der Waals surface area contributed by atoms with Crippen molar-refractivity contribution in [3.8, 4) is 11.5 Å². The zero-order valence-electron chi connectivity index (χ0n) is 26.0. The maximum absolute atomic E-state index is 13.6. The molecule has 0 spiro atoms. The summed E-state index contributed by atoms with van der Waals surface area (Å²) in [6.07, 6.45) is 12.4. The van der Waals surface area contributed by atoms with Gasteiger partial charge in [0.1, 0.15) is 10.6 Å². The van der Waals surface area contributed by atoms with E-state index in [0.29, 0.717) is 29.5 Å².